The number of para-hydroxylation sites is 1. The van der Waals surface area contributed by atoms with Gasteiger partial charge in [-0.1, -0.05) is 72.8 Å². The molecule has 0 aliphatic carbocycles. The molecule has 0 spiro atoms. The maximum Gasteiger partial charge on any atom is 0.303 e. The number of ether oxygens (including phenoxy) is 1. The predicted octanol–water partition coefficient (Wildman–Crippen LogP) is -3.97. The van der Waals surface area contributed by atoms with Crippen molar-refractivity contribution in [2.24, 2.45) is 28.7 Å². The van der Waals surface area contributed by atoms with Crippen molar-refractivity contribution in [1.29, 1.82) is 0 Å². The van der Waals surface area contributed by atoms with Crippen LogP contribution in [0.15, 0.2) is 97.2 Å². The van der Waals surface area contributed by atoms with Crippen LogP contribution in [0.25, 0.3) is 21.7 Å². The number of nitrogens with one attached hydrogen (secondary N) is 13. The summed E-state index contributed by atoms with van der Waals surface area (Å²) in [5, 5.41) is 52.3. The first-order valence-corrected chi connectivity index (χ1v) is 38.0. The van der Waals surface area contributed by atoms with E-state index in [2.05, 4.69) is 81.4 Å². The summed E-state index contributed by atoms with van der Waals surface area (Å²) in [5.74, 6) is -19.6. The predicted molar refractivity (Wildman–Crippen MR) is 434 cm³/mol. The number of rotatable bonds is 47. The monoisotopic (exact) mass is 1680 g/mol. The lowest BCUT2D eigenvalue weighted by Crippen LogP contribution is -2.64. The average Bonchev–Trinajstić information content (AvgIpc) is 1.14. The van der Waals surface area contributed by atoms with Crippen LogP contribution in [0.1, 0.15) is 123 Å². The number of aliphatic hydroxyl groups is 1. The van der Waals surface area contributed by atoms with Crippen molar-refractivity contribution in [2.75, 3.05) is 7.11 Å². The number of thiol groups is 2. The fourth-order valence-corrected chi connectivity index (χ4v) is 12.5. The summed E-state index contributed by atoms with van der Waals surface area (Å²) in [5.41, 5.74) is 26.6. The second-order valence-electron chi connectivity index (χ2n) is 29.9. The Labute approximate surface area is 689 Å². The summed E-state index contributed by atoms with van der Waals surface area (Å²) in [7, 11) is 1.40. The van der Waals surface area contributed by atoms with Gasteiger partial charge in [0.05, 0.1) is 26.1 Å². The van der Waals surface area contributed by atoms with Gasteiger partial charge in [0.1, 0.15) is 77.7 Å². The minimum Gasteiger partial charge on any atom is -0.497 e. The highest BCUT2D eigenvalue weighted by atomic mass is 32.1. The summed E-state index contributed by atoms with van der Waals surface area (Å²) in [6, 6.07) is 6.04. The van der Waals surface area contributed by atoms with Gasteiger partial charge in [-0.2, -0.15) is 25.3 Å². The maximum atomic E-state index is 15.3. The Morgan fingerprint density at radius 2 is 0.873 bits per heavy atom. The number of nitrogens with two attached hydrogens (primary N) is 5. The molecule has 0 unspecified atom stereocenters. The van der Waals surface area contributed by atoms with Gasteiger partial charge < -0.3 is 112 Å². The number of fused-ring (bicyclic) bond motifs is 2. The number of aliphatic hydroxyl groups excluding tert-OH is 1. The third kappa shape index (κ3) is 30.3. The standard InChI is InChI=1S/C77H104N18O21S2/c1-37(96)60(93-65(106)47(24-27-55(78)98)86-72(113)61(76(5,6)117)84-38(2)97)71(112)90-53(33-43-36-83-46-17-13-12-16-45(43)46)68(109)85-48(25-28-56(79)99)66(107)94-62(77(7,8)118)73(114)91-51(31-39-19-22-44(116-9)23-20-39)67(108)88-52(32-40-18-21-41-14-10-11-15-42(41)30-40)70(111)95-75(3,4)74(115)92-49(26-29-59(102)103)64(105)89-54(35-58(81)101)69(110)87-50(63(82)104)34-57(80)100/h10-23,30,36-37,47-54,60-62,83,96,117-118H,24-29,31-35H2,1-9H3,(H2,78,98)(H2,79,99)(H2,80,100)(H2,81,101)(H2,82,104)(H,84,97)(H,85,109)(H,86,113)(H,87,110)(H,88,108)(H,89,105)(H,90,112)(H,91,114)(H,92,115)(H,93,106)(H,94,107)(H,95,111)(H,102,103)/t37-,47+,48+,49+,50+,51+,52+,53+,54+,60+,61-,62-/m1/s1. The molecule has 0 bridgehead atoms. The Morgan fingerprint density at radius 1 is 0.449 bits per heavy atom. The summed E-state index contributed by atoms with van der Waals surface area (Å²) in [4.78, 5) is 248. The van der Waals surface area contributed by atoms with Crippen molar-refractivity contribution in [3.8, 4) is 5.75 Å². The maximum absolute atomic E-state index is 15.3. The molecule has 640 valence electrons. The van der Waals surface area contributed by atoms with E-state index in [-0.39, 0.29) is 19.3 Å². The molecule has 4 aromatic carbocycles. The highest BCUT2D eigenvalue weighted by Crippen LogP contribution is 2.25. The van der Waals surface area contributed by atoms with Gasteiger partial charge in [0.25, 0.3) is 0 Å². The molecule has 12 atom stereocenters. The summed E-state index contributed by atoms with van der Waals surface area (Å²) < 4.78 is 2.50. The van der Waals surface area contributed by atoms with Crippen LogP contribution in [-0.4, -0.2) is 216 Å². The second-order valence-corrected chi connectivity index (χ2v) is 32.2. The topological polar surface area (TPSA) is 647 Å². The number of benzene rings is 4. The molecule has 5 rings (SSSR count). The first kappa shape index (κ1) is 96.2. The van der Waals surface area contributed by atoms with Crippen molar-refractivity contribution in [3.05, 3.63) is 114 Å². The molecular weight excluding hydrogens is 1580 g/mol. The van der Waals surface area contributed by atoms with Crippen LogP contribution in [0.3, 0.4) is 0 Å². The Morgan fingerprint density at radius 3 is 1.41 bits per heavy atom. The van der Waals surface area contributed by atoms with E-state index in [0.717, 1.165) is 19.2 Å². The van der Waals surface area contributed by atoms with Gasteiger partial charge in [0.15, 0.2) is 0 Å². The zero-order valence-electron chi connectivity index (χ0n) is 66.4. The van der Waals surface area contributed by atoms with Gasteiger partial charge in [-0.05, 0) is 113 Å². The van der Waals surface area contributed by atoms with E-state index >= 15 is 24.0 Å². The van der Waals surface area contributed by atoms with Crippen LogP contribution < -0.4 is 97.2 Å². The smallest absolute Gasteiger partial charge is 0.303 e. The molecule has 118 heavy (non-hydrogen) atoms. The van der Waals surface area contributed by atoms with Crippen molar-refractivity contribution in [2.45, 2.75) is 214 Å². The van der Waals surface area contributed by atoms with E-state index < -0.39 is 245 Å². The quantitative estimate of drug-likeness (QED) is 0.0165. The van der Waals surface area contributed by atoms with Crippen LogP contribution in [0.2, 0.25) is 0 Å². The number of hydrogen-bond donors (Lipinski definition) is 22. The Balaban J connectivity index is 1.51. The van der Waals surface area contributed by atoms with E-state index in [1.807, 2.05) is 6.07 Å². The van der Waals surface area contributed by atoms with Crippen LogP contribution in [0, 0.1) is 0 Å². The number of amides is 17. The lowest BCUT2D eigenvalue weighted by molar-refractivity contribution is -0.139. The van der Waals surface area contributed by atoms with E-state index in [1.165, 1.54) is 54.8 Å². The molecular formula is C77H104N18O21S2. The van der Waals surface area contributed by atoms with Crippen LogP contribution in [0.5, 0.6) is 5.75 Å². The van der Waals surface area contributed by atoms with Crippen molar-refractivity contribution in [1.82, 2.24) is 68.8 Å². The number of methoxy groups -OCH3 is 1. The highest BCUT2D eigenvalue weighted by Gasteiger charge is 2.43. The van der Waals surface area contributed by atoms with Crippen LogP contribution in [0.4, 0.5) is 0 Å². The highest BCUT2D eigenvalue weighted by molar-refractivity contribution is 7.82. The van der Waals surface area contributed by atoms with E-state index in [1.54, 1.807) is 84.9 Å². The van der Waals surface area contributed by atoms with Gasteiger partial charge in [-0.25, -0.2) is 0 Å². The van der Waals surface area contributed by atoms with Gasteiger partial charge in [-0.3, -0.25) is 86.3 Å². The fourth-order valence-electron chi connectivity index (χ4n) is 12.1. The third-order valence-corrected chi connectivity index (χ3v) is 19.0. The van der Waals surface area contributed by atoms with Crippen molar-refractivity contribution in [3.63, 3.8) is 0 Å². The fraction of sp³-hybridized carbons (Fsp3) is 0.455. The first-order chi connectivity index (χ1) is 55.1. The van der Waals surface area contributed by atoms with Gasteiger partial charge in [0.2, 0.25) is 100 Å². The Hall–Kier alpha value is -12.4. The number of H-pyrrole nitrogens is 1. The third-order valence-electron chi connectivity index (χ3n) is 18.5. The lowest BCUT2D eigenvalue weighted by Gasteiger charge is -2.33. The van der Waals surface area contributed by atoms with Gasteiger partial charge in [0, 0.05) is 72.0 Å². The molecule has 0 saturated carbocycles. The number of carbonyl (C=O) groups is 18. The number of carboxylic acid groups (broad SMARTS) is 1. The largest absolute Gasteiger partial charge is 0.497 e. The molecule has 25 N–H and O–H groups in total. The number of aliphatic carboxylic acids is 1. The molecule has 1 aromatic heterocycles. The average molecular weight is 1680 g/mol. The summed E-state index contributed by atoms with van der Waals surface area (Å²) in [6.07, 6.45) is -6.61. The lowest BCUT2D eigenvalue weighted by atomic mass is 9.97. The Kier molecular flexibility index (Phi) is 35.5. The zero-order valence-corrected chi connectivity index (χ0v) is 68.2. The normalized spacial score (nSPS) is 14.5. The molecule has 0 aliphatic rings. The van der Waals surface area contributed by atoms with Crippen LogP contribution in [-0.2, 0) is 106 Å². The molecule has 39 nitrogen and oxygen atoms in total. The van der Waals surface area contributed by atoms with Crippen LogP contribution >= 0.6 is 25.3 Å². The minimum absolute atomic E-state index is 0.336. The number of carbonyl (C=O) groups excluding carboxylic acids is 17. The zero-order chi connectivity index (χ0) is 88.4. The Bertz CT molecular complexity index is 4560. The molecule has 0 aliphatic heterocycles. The first-order valence-electron chi connectivity index (χ1n) is 37.1. The molecule has 1 heterocycles. The van der Waals surface area contributed by atoms with E-state index in [9.17, 15) is 72.5 Å². The number of aromatic nitrogens is 1. The summed E-state index contributed by atoms with van der Waals surface area (Å²) in [6.45, 7) is 10.4. The molecule has 5 aromatic rings. The van der Waals surface area contributed by atoms with E-state index in [0.29, 0.717) is 38.7 Å². The number of aromatic amines is 1. The molecule has 0 saturated heterocycles. The van der Waals surface area contributed by atoms with Crippen molar-refractivity contribution >= 4 is 153 Å². The van der Waals surface area contributed by atoms with Gasteiger partial charge in [-0.15, -0.1) is 0 Å². The molecule has 41 heteroatoms. The van der Waals surface area contributed by atoms with Gasteiger partial charge >= 0.3 is 5.97 Å². The second kappa shape index (κ2) is 43.5. The molecule has 0 fully saturated rings. The molecule has 0 radical (unpaired) electrons. The SMILES string of the molecule is COc1ccc(C[C@H](NC(=O)[C@@H](NC(=O)[C@H](CCC(N)=O)NC(=O)[C@H](Cc2c[nH]c3ccccc23)NC(=O)[C@@H](NC(=O)[C@H](CCC(N)=O)NC(=O)[C@@H](NC(C)=O)C(C)(C)S)[C@@H](C)O)C(C)(C)S)C(=O)N[C@@H](Cc2ccc3ccccc3c2)C(=O)NC(C)(C)C(=O)N[C@@H](CCC(=O)O)C(=O)N[C@@H](CC(N)=O)C(=O)N[C@@H](CC(N)=O)C(N)=O)cc1. The minimum atomic E-state index is -2.11. The number of carboxylic acids is 1. The number of primary amides is 5. The summed E-state index contributed by atoms with van der Waals surface area (Å²) >= 11 is 9.13. The number of hydrogen-bond acceptors (Lipinski definition) is 22. The molecule has 17 amide bonds. The van der Waals surface area contributed by atoms with E-state index in [4.69, 9.17) is 46.0 Å². The van der Waals surface area contributed by atoms with Crippen molar-refractivity contribution < 1.29 is 101 Å².